The Hall–Kier alpha value is -2.49. The summed E-state index contributed by atoms with van der Waals surface area (Å²) in [5, 5.41) is 10.0. The van der Waals surface area contributed by atoms with Crippen molar-refractivity contribution in [3.05, 3.63) is 48.5 Å². The van der Waals surface area contributed by atoms with Gasteiger partial charge in [0, 0.05) is 24.2 Å². The molecule has 2 heterocycles. The maximum Gasteiger partial charge on any atom is 0.137 e. The van der Waals surface area contributed by atoms with E-state index in [1.807, 2.05) is 32.0 Å². The average Bonchev–Trinajstić information content (AvgIpc) is 2.46. The Morgan fingerprint density at radius 2 is 1.65 bits per heavy atom. The average molecular weight is 265 g/mol. The second kappa shape index (κ2) is 4.89. The number of nitrogens with zero attached hydrogens (tertiary/aromatic N) is 3. The Bertz CT molecular complexity index is 769. The van der Waals surface area contributed by atoms with Crippen molar-refractivity contribution in [3.63, 3.8) is 0 Å². The van der Waals surface area contributed by atoms with Crippen LogP contribution in [0.15, 0.2) is 42.9 Å². The predicted molar refractivity (Wildman–Crippen MR) is 78.5 cm³/mol. The van der Waals surface area contributed by atoms with Gasteiger partial charge in [0.15, 0.2) is 0 Å². The zero-order valence-electron chi connectivity index (χ0n) is 11.4. The van der Waals surface area contributed by atoms with Crippen molar-refractivity contribution in [1.82, 2.24) is 15.0 Å². The molecule has 1 aromatic carbocycles. The second-order valence-corrected chi connectivity index (χ2v) is 5.04. The number of hydrogen-bond donors (Lipinski definition) is 1. The molecule has 1 N–H and O–H groups in total. The van der Waals surface area contributed by atoms with E-state index in [4.69, 9.17) is 0 Å². The Morgan fingerprint density at radius 3 is 2.35 bits per heavy atom. The van der Waals surface area contributed by atoms with Crippen LogP contribution in [0.1, 0.15) is 25.5 Å². The molecule has 0 saturated carbocycles. The summed E-state index contributed by atoms with van der Waals surface area (Å²) in [5.41, 5.74) is 4.24. The highest BCUT2D eigenvalue weighted by Crippen LogP contribution is 2.29. The molecule has 3 aromatic rings. The van der Waals surface area contributed by atoms with Crippen LogP contribution in [0.4, 0.5) is 0 Å². The minimum Gasteiger partial charge on any atom is -0.506 e. The third-order valence-electron chi connectivity index (χ3n) is 3.25. The molecule has 100 valence electrons. The van der Waals surface area contributed by atoms with E-state index >= 15 is 0 Å². The van der Waals surface area contributed by atoms with Gasteiger partial charge in [0.2, 0.25) is 0 Å². The molecule has 0 bridgehead atoms. The highest BCUT2D eigenvalue weighted by atomic mass is 16.3. The van der Waals surface area contributed by atoms with Crippen molar-refractivity contribution >= 4 is 11.0 Å². The third-order valence-corrected chi connectivity index (χ3v) is 3.25. The first kappa shape index (κ1) is 12.5. The zero-order valence-corrected chi connectivity index (χ0v) is 11.4. The predicted octanol–water partition coefficient (Wildman–Crippen LogP) is 3.52. The molecule has 0 aliphatic rings. The van der Waals surface area contributed by atoms with Gasteiger partial charge in [-0.1, -0.05) is 19.9 Å². The summed E-state index contributed by atoms with van der Waals surface area (Å²) in [4.78, 5) is 12.9. The number of hydrogen-bond acceptors (Lipinski definition) is 4. The van der Waals surface area contributed by atoms with Crippen LogP contribution in [-0.4, -0.2) is 20.1 Å². The van der Waals surface area contributed by atoms with Gasteiger partial charge in [-0.2, -0.15) is 0 Å². The Balaban J connectivity index is 2.08. The molecule has 3 rings (SSSR count). The lowest BCUT2D eigenvalue weighted by Gasteiger charge is -2.09. The first-order chi connectivity index (χ1) is 9.65. The largest absolute Gasteiger partial charge is 0.506 e. The van der Waals surface area contributed by atoms with Crippen LogP contribution >= 0.6 is 0 Å². The molecule has 0 aliphatic carbocycles. The monoisotopic (exact) mass is 265 g/mol. The van der Waals surface area contributed by atoms with Gasteiger partial charge in [0.25, 0.3) is 0 Å². The van der Waals surface area contributed by atoms with E-state index in [9.17, 15) is 5.11 Å². The molecule has 0 atom stereocenters. The van der Waals surface area contributed by atoms with Crippen molar-refractivity contribution < 1.29 is 5.11 Å². The number of rotatable bonds is 2. The van der Waals surface area contributed by atoms with Crippen LogP contribution in [0, 0.1) is 0 Å². The van der Waals surface area contributed by atoms with Crippen molar-refractivity contribution in [2.45, 2.75) is 19.8 Å². The molecular weight excluding hydrogens is 250 g/mol. The highest BCUT2D eigenvalue weighted by Gasteiger charge is 2.09. The van der Waals surface area contributed by atoms with E-state index in [2.05, 4.69) is 15.0 Å². The second-order valence-electron chi connectivity index (χ2n) is 5.04. The first-order valence-electron chi connectivity index (χ1n) is 6.55. The van der Waals surface area contributed by atoms with Gasteiger partial charge in [0.05, 0.1) is 16.7 Å². The zero-order chi connectivity index (χ0) is 14.1. The Labute approximate surface area is 117 Å². The standard InChI is InChI=1S/C16H15N3O/c1-10(2)16-15(20)8-12(9-19-16)11-3-4-13-14(7-11)18-6-5-17-13/h3-10,20H,1-2H3. The van der Waals surface area contributed by atoms with Gasteiger partial charge in [-0.3, -0.25) is 15.0 Å². The quantitative estimate of drug-likeness (QED) is 0.770. The summed E-state index contributed by atoms with van der Waals surface area (Å²) in [6.07, 6.45) is 5.13. The smallest absolute Gasteiger partial charge is 0.137 e. The maximum absolute atomic E-state index is 10.0. The molecule has 4 heteroatoms. The molecule has 0 amide bonds. The molecule has 0 saturated heterocycles. The van der Waals surface area contributed by atoms with Crippen LogP contribution in [0.5, 0.6) is 5.75 Å². The van der Waals surface area contributed by atoms with Gasteiger partial charge >= 0.3 is 0 Å². The minimum atomic E-state index is 0.200. The summed E-state index contributed by atoms with van der Waals surface area (Å²) in [7, 11) is 0. The first-order valence-corrected chi connectivity index (χ1v) is 6.55. The van der Waals surface area contributed by atoms with Gasteiger partial charge in [-0.25, -0.2) is 0 Å². The molecule has 0 unspecified atom stereocenters. The Morgan fingerprint density at radius 1 is 0.900 bits per heavy atom. The van der Waals surface area contributed by atoms with Crippen molar-refractivity contribution in [3.8, 4) is 16.9 Å². The maximum atomic E-state index is 10.0. The van der Waals surface area contributed by atoms with Crippen LogP contribution in [0.2, 0.25) is 0 Å². The summed E-state index contributed by atoms with van der Waals surface area (Å²) in [5.74, 6) is 0.434. The van der Waals surface area contributed by atoms with Crippen molar-refractivity contribution in [2.24, 2.45) is 0 Å². The molecule has 0 aliphatic heterocycles. The lowest BCUT2D eigenvalue weighted by atomic mass is 10.0. The van der Waals surface area contributed by atoms with Crippen molar-refractivity contribution in [1.29, 1.82) is 0 Å². The van der Waals surface area contributed by atoms with E-state index in [0.717, 1.165) is 22.2 Å². The van der Waals surface area contributed by atoms with E-state index in [0.29, 0.717) is 5.69 Å². The summed E-state index contributed by atoms with van der Waals surface area (Å²) >= 11 is 0. The fourth-order valence-corrected chi connectivity index (χ4v) is 2.21. The fraction of sp³-hybridized carbons (Fsp3) is 0.188. The minimum absolute atomic E-state index is 0.200. The molecular formula is C16H15N3O. The summed E-state index contributed by atoms with van der Waals surface area (Å²) < 4.78 is 0. The normalized spacial score (nSPS) is 11.2. The topological polar surface area (TPSA) is 58.9 Å². The van der Waals surface area contributed by atoms with Gasteiger partial charge in [0.1, 0.15) is 5.75 Å². The highest BCUT2D eigenvalue weighted by molar-refractivity contribution is 5.81. The lowest BCUT2D eigenvalue weighted by Crippen LogP contribution is -1.93. The van der Waals surface area contributed by atoms with Gasteiger partial charge < -0.3 is 5.11 Å². The SMILES string of the molecule is CC(C)c1ncc(-c2ccc3nccnc3c2)cc1O. The fourth-order valence-electron chi connectivity index (χ4n) is 2.21. The molecule has 2 aromatic heterocycles. The van der Waals surface area contributed by atoms with E-state index in [1.165, 1.54) is 0 Å². The van der Waals surface area contributed by atoms with Gasteiger partial charge in [-0.05, 0) is 29.7 Å². The number of aromatic nitrogens is 3. The molecule has 0 radical (unpaired) electrons. The van der Waals surface area contributed by atoms with Crippen molar-refractivity contribution in [2.75, 3.05) is 0 Å². The number of fused-ring (bicyclic) bond motifs is 1. The van der Waals surface area contributed by atoms with Gasteiger partial charge in [-0.15, -0.1) is 0 Å². The van der Waals surface area contributed by atoms with Crippen LogP contribution < -0.4 is 0 Å². The van der Waals surface area contributed by atoms with Crippen LogP contribution in [0.3, 0.4) is 0 Å². The van der Waals surface area contributed by atoms with E-state index < -0.39 is 0 Å². The molecule has 0 spiro atoms. The Kier molecular flexibility index (Phi) is 3.06. The van der Waals surface area contributed by atoms with E-state index in [-0.39, 0.29) is 11.7 Å². The molecule has 20 heavy (non-hydrogen) atoms. The summed E-state index contributed by atoms with van der Waals surface area (Å²) in [6.45, 7) is 4.01. The molecule has 4 nitrogen and oxygen atoms in total. The number of aromatic hydroxyl groups is 1. The molecule has 0 fully saturated rings. The van der Waals surface area contributed by atoms with Crippen LogP contribution in [0.25, 0.3) is 22.2 Å². The van der Waals surface area contributed by atoms with E-state index in [1.54, 1.807) is 24.7 Å². The third kappa shape index (κ3) is 2.20. The lowest BCUT2D eigenvalue weighted by molar-refractivity contribution is 0.460. The van der Waals surface area contributed by atoms with Crippen LogP contribution in [-0.2, 0) is 0 Å². The summed E-state index contributed by atoms with van der Waals surface area (Å²) in [6, 6.07) is 7.58. The number of benzene rings is 1. The number of pyridine rings is 1.